The molecule has 2 nitrogen and oxygen atoms in total. The highest BCUT2D eigenvalue weighted by Crippen LogP contribution is 2.68. The Balaban J connectivity index is 1.78. The number of benzene rings is 4. The van der Waals surface area contributed by atoms with Crippen LogP contribution in [0.5, 0.6) is 0 Å². The molecule has 5 rings (SSSR count). The maximum atomic E-state index is 14.7. The first-order valence-corrected chi connectivity index (χ1v) is 11.5. The molecule has 0 spiro atoms. The van der Waals surface area contributed by atoms with E-state index in [0.717, 1.165) is 27.6 Å². The van der Waals surface area contributed by atoms with Gasteiger partial charge >= 0.3 is 0 Å². The predicted octanol–water partition coefficient (Wildman–Crippen LogP) is 6.50. The van der Waals surface area contributed by atoms with Crippen LogP contribution >= 0.6 is 7.37 Å². The second-order valence-electron chi connectivity index (χ2n) is 7.27. The first-order chi connectivity index (χ1) is 14.3. The van der Waals surface area contributed by atoms with Crippen LogP contribution < -0.4 is 5.30 Å². The average Bonchev–Trinajstić information content (AvgIpc) is 2.80. The minimum Gasteiger partial charge on any atom is -0.312 e. The first-order valence-electron chi connectivity index (χ1n) is 9.80. The molecule has 1 aliphatic heterocycles. The Hall–Kier alpha value is -2.93. The molecule has 4 aromatic rings. The Bertz CT molecular complexity index is 1160. The van der Waals surface area contributed by atoms with Gasteiger partial charge in [-0.3, -0.25) is 4.57 Å². The number of rotatable bonds is 3. The van der Waals surface area contributed by atoms with Gasteiger partial charge in [-0.15, -0.1) is 0 Å². The van der Waals surface area contributed by atoms with Crippen LogP contribution in [0, 0.1) is 0 Å². The summed E-state index contributed by atoms with van der Waals surface area (Å²) in [6, 6.07) is 38.0. The molecule has 0 bridgehead atoms. The van der Waals surface area contributed by atoms with Crippen molar-refractivity contribution >= 4 is 12.7 Å². The second-order valence-corrected chi connectivity index (χ2v) is 9.71. The van der Waals surface area contributed by atoms with E-state index in [4.69, 9.17) is 4.52 Å². The van der Waals surface area contributed by atoms with E-state index in [1.807, 2.05) is 103 Å². The molecule has 3 heteroatoms. The smallest absolute Gasteiger partial charge is 0.244 e. The van der Waals surface area contributed by atoms with E-state index in [0.29, 0.717) is 0 Å². The van der Waals surface area contributed by atoms with E-state index in [2.05, 4.69) is 12.1 Å². The van der Waals surface area contributed by atoms with Gasteiger partial charge in [-0.2, -0.15) is 0 Å². The number of hydrogen-bond donors (Lipinski definition) is 0. The summed E-state index contributed by atoms with van der Waals surface area (Å²) in [4.78, 5) is 0. The third kappa shape index (κ3) is 3.15. The predicted molar refractivity (Wildman–Crippen MR) is 118 cm³/mol. The van der Waals surface area contributed by atoms with Gasteiger partial charge in [-0.25, -0.2) is 0 Å². The molecule has 4 aromatic carbocycles. The van der Waals surface area contributed by atoms with E-state index >= 15 is 0 Å². The lowest BCUT2D eigenvalue weighted by Gasteiger charge is -2.39. The third-order valence-corrected chi connectivity index (χ3v) is 8.31. The van der Waals surface area contributed by atoms with Crippen molar-refractivity contribution in [2.75, 3.05) is 0 Å². The number of hydrogen-bond acceptors (Lipinski definition) is 2. The quantitative estimate of drug-likeness (QED) is 0.370. The molecule has 1 aliphatic rings. The third-order valence-electron chi connectivity index (χ3n) is 5.51. The van der Waals surface area contributed by atoms with Crippen LogP contribution in [0.1, 0.15) is 34.0 Å². The fourth-order valence-electron chi connectivity index (χ4n) is 4.18. The first kappa shape index (κ1) is 18.1. The molecule has 0 N–H and O–H groups in total. The molecule has 3 atom stereocenters. The molecule has 0 saturated heterocycles. The van der Waals surface area contributed by atoms with Crippen molar-refractivity contribution in [3.63, 3.8) is 0 Å². The summed E-state index contributed by atoms with van der Waals surface area (Å²) in [5, 5.41) is 0.754. The van der Waals surface area contributed by atoms with Crippen LogP contribution in [0.2, 0.25) is 0 Å². The van der Waals surface area contributed by atoms with Crippen molar-refractivity contribution in [2.45, 2.75) is 11.8 Å². The van der Waals surface area contributed by atoms with Crippen molar-refractivity contribution < 1.29 is 9.09 Å². The highest BCUT2D eigenvalue weighted by atomic mass is 31.2. The van der Waals surface area contributed by atoms with E-state index in [1.165, 1.54) is 0 Å². The van der Waals surface area contributed by atoms with E-state index < -0.39 is 7.37 Å². The largest absolute Gasteiger partial charge is 0.312 e. The summed E-state index contributed by atoms with van der Waals surface area (Å²) in [6.07, 6.45) is -0.363. The summed E-state index contributed by atoms with van der Waals surface area (Å²) >= 11 is 0. The molecular formula is C26H21O2P. The molecule has 0 amide bonds. The van der Waals surface area contributed by atoms with Gasteiger partial charge in [0, 0.05) is 5.30 Å². The maximum Gasteiger partial charge on any atom is 0.244 e. The van der Waals surface area contributed by atoms with Gasteiger partial charge in [0.1, 0.15) is 6.10 Å². The molecule has 0 saturated carbocycles. The van der Waals surface area contributed by atoms with Gasteiger partial charge in [0.15, 0.2) is 0 Å². The molecule has 0 radical (unpaired) electrons. The summed E-state index contributed by atoms with van der Waals surface area (Å²) in [5.41, 5.74) is 3.85. The highest BCUT2D eigenvalue weighted by Gasteiger charge is 2.46. The zero-order chi connectivity index (χ0) is 19.7. The Labute approximate surface area is 171 Å². The van der Waals surface area contributed by atoms with Crippen LogP contribution in [0.15, 0.2) is 115 Å². The molecule has 142 valence electrons. The zero-order valence-electron chi connectivity index (χ0n) is 15.9. The topological polar surface area (TPSA) is 26.3 Å². The van der Waals surface area contributed by atoms with E-state index in [9.17, 15) is 4.57 Å². The average molecular weight is 396 g/mol. The van der Waals surface area contributed by atoms with Crippen LogP contribution in [-0.2, 0) is 9.09 Å². The normalized spacial score (nSPS) is 23.3. The van der Waals surface area contributed by atoms with E-state index in [-0.39, 0.29) is 11.8 Å². The van der Waals surface area contributed by atoms with Crippen molar-refractivity contribution in [1.29, 1.82) is 0 Å². The molecule has 29 heavy (non-hydrogen) atoms. The lowest BCUT2D eigenvalue weighted by molar-refractivity contribution is 0.240. The lowest BCUT2D eigenvalue weighted by atomic mass is 9.92. The van der Waals surface area contributed by atoms with E-state index in [1.54, 1.807) is 0 Å². The summed E-state index contributed by atoms with van der Waals surface area (Å²) in [7, 11) is -3.25. The van der Waals surface area contributed by atoms with Gasteiger partial charge in [-0.1, -0.05) is 103 Å². The Morgan fingerprint density at radius 2 is 1.03 bits per heavy atom. The van der Waals surface area contributed by atoms with Crippen molar-refractivity contribution in [3.8, 4) is 0 Å². The zero-order valence-corrected chi connectivity index (χ0v) is 16.8. The minimum absolute atomic E-state index is 0.331. The highest BCUT2D eigenvalue weighted by molar-refractivity contribution is 7.67. The monoisotopic (exact) mass is 396 g/mol. The molecule has 3 unspecified atom stereocenters. The lowest BCUT2D eigenvalue weighted by Crippen LogP contribution is -2.24. The molecule has 0 aliphatic carbocycles. The molecule has 0 fully saturated rings. The molecule has 1 heterocycles. The van der Waals surface area contributed by atoms with Crippen LogP contribution in [0.4, 0.5) is 0 Å². The number of fused-ring (bicyclic) bond motifs is 1. The second kappa shape index (κ2) is 7.48. The van der Waals surface area contributed by atoms with Gasteiger partial charge in [-0.05, 0) is 34.4 Å². The Morgan fingerprint density at radius 3 is 1.66 bits per heavy atom. The van der Waals surface area contributed by atoms with Crippen molar-refractivity contribution in [2.24, 2.45) is 0 Å². The van der Waals surface area contributed by atoms with Crippen LogP contribution in [-0.4, -0.2) is 0 Å². The standard InChI is InChI=1S/C26H21O2P/c27-29(22-16-8-3-9-17-22)26(21-14-6-2-7-15-21)24-19-11-10-18-23(24)25(28-29)20-12-4-1-5-13-20/h1-19,25-26H. The SMILES string of the molecule is O=P1(c2ccccc2)OC(c2ccccc2)c2ccccc2C1c1ccccc1. The fraction of sp³-hybridized carbons (Fsp3) is 0.0769. The summed E-state index contributed by atoms with van der Waals surface area (Å²) in [6.45, 7) is 0. The van der Waals surface area contributed by atoms with Gasteiger partial charge in [0.05, 0.1) is 5.66 Å². The molecular weight excluding hydrogens is 375 g/mol. The fourth-order valence-corrected chi connectivity index (χ4v) is 7.02. The van der Waals surface area contributed by atoms with Gasteiger partial charge < -0.3 is 4.52 Å². The summed E-state index contributed by atoms with van der Waals surface area (Å²) in [5.74, 6) is 0. The van der Waals surface area contributed by atoms with Crippen molar-refractivity contribution in [1.82, 2.24) is 0 Å². The Morgan fingerprint density at radius 1 is 0.552 bits per heavy atom. The molecule has 0 aromatic heterocycles. The minimum atomic E-state index is -3.25. The Kier molecular flexibility index (Phi) is 4.67. The van der Waals surface area contributed by atoms with Crippen molar-refractivity contribution in [3.05, 3.63) is 138 Å². The van der Waals surface area contributed by atoms with Gasteiger partial charge in [0.2, 0.25) is 7.37 Å². The maximum absolute atomic E-state index is 14.7. The van der Waals surface area contributed by atoms with Crippen LogP contribution in [0.25, 0.3) is 0 Å². The summed E-state index contributed by atoms with van der Waals surface area (Å²) < 4.78 is 21.3. The van der Waals surface area contributed by atoms with Gasteiger partial charge in [0.25, 0.3) is 0 Å². The van der Waals surface area contributed by atoms with Crippen LogP contribution in [0.3, 0.4) is 0 Å².